The Hall–Kier alpha value is -1.87. The maximum Gasteiger partial charge on any atom is 0.330 e. The Morgan fingerprint density at radius 3 is 2.15 bits per heavy atom. The van der Waals surface area contributed by atoms with Crippen LogP contribution in [-0.4, -0.2) is 12.6 Å². The van der Waals surface area contributed by atoms with Crippen LogP contribution in [0.4, 0.5) is 0 Å². The molecule has 2 aromatic rings. The quantitative estimate of drug-likeness (QED) is 0.600. The predicted molar refractivity (Wildman–Crippen MR) is 85.2 cm³/mol. The Morgan fingerprint density at radius 1 is 1.05 bits per heavy atom. The van der Waals surface area contributed by atoms with E-state index in [1.54, 1.807) is 13.0 Å². The van der Waals surface area contributed by atoms with Crippen LogP contribution in [0.1, 0.15) is 12.5 Å². The van der Waals surface area contributed by atoms with Crippen LogP contribution in [0.2, 0.25) is 0 Å². The molecule has 0 heterocycles. The molecule has 0 aliphatic carbocycles. The number of hydrogen-bond acceptors (Lipinski definition) is 2. The van der Waals surface area contributed by atoms with E-state index < -0.39 is 0 Å². The number of ether oxygens (including phenoxy) is 1. The molecule has 2 rings (SSSR count). The Kier molecular flexibility index (Phi) is 5.13. The summed E-state index contributed by atoms with van der Waals surface area (Å²) >= 11 is 3.42. The van der Waals surface area contributed by atoms with Crippen LogP contribution in [0.15, 0.2) is 59.1 Å². The maximum atomic E-state index is 11.2. The number of halogens is 1. The molecule has 0 amide bonds. The molecular weight excluding hydrogens is 316 g/mol. The largest absolute Gasteiger partial charge is 0.463 e. The lowest BCUT2D eigenvalue weighted by molar-refractivity contribution is -0.137. The first-order valence-electron chi connectivity index (χ1n) is 6.40. The van der Waals surface area contributed by atoms with Gasteiger partial charge in [0.1, 0.15) is 0 Å². The summed E-state index contributed by atoms with van der Waals surface area (Å²) in [5, 5.41) is 0. The number of carbonyl (C=O) groups excluding carboxylic acids is 1. The van der Waals surface area contributed by atoms with Gasteiger partial charge in [-0.05, 0) is 41.8 Å². The second kappa shape index (κ2) is 7.06. The van der Waals surface area contributed by atoms with Crippen molar-refractivity contribution >= 4 is 28.0 Å². The first kappa shape index (κ1) is 14.5. The molecule has 0 saturated carbocycles. The van der Waals surface area contributed by atoms with Crippen LogP contribution in [0, 0.1) is 0 Å². The molecule has 0 radical (unpaired) electrons. The zero-order chi connectivity index (χ0) is 14.4. The minimum atomic E-state index is -0.315. The Balaban J connectivity index is 2.10. The van der Waals surface area contributed by atoms with Gasteiger partial charge in [0.25, 0.3) is 0 Å². The van der Waals surface area contributed by atoms with Crippen molar-refractivity contribution in [3.05, 3.63) is 64.6 Å². The van der Waals surface area contributed by atoms with Gasteiger partial charge in [-0.1, -0.05) is 52.3 Å². The molecular formula is C17H15BrO2. The molecule has 0 atom stereocenters. The second-order valence-electron chi connectivity index (χ2n) is 4.21. The lowest BCUT2D eigenvalue weighted by Crippen LogP contribution is -1.98. The topological polar surface area (TPSA) is 26.3 Å². The predicted octanol–water partition coefficient (Wildman–Crippen LogP) is 4.69. The van der Waals surface area contributed by atoms with Gasteiger partial charge in [-0.3, -0.25) is 0 Å². The summed E-state index contributed by atoms with van der Waals surface area (Å²) in [6.07, 6.45) is 3.20. The highest BCUT2D eigenvalue weighted by atomic mass is 79.9. The minimum absolute atomic E-state index is 0.315. The van der Waals surface area contributed by atoms with Crippen LogP contribution in [0.25, 0.3) is 17.2 Å². The van der Waals surface area contributed by atoms with Crippen molar-refractivity contribution in [1.82, 2.24) is 0 Å². The fraction of sp³-hybridized carbons (Fsp3) is 0.118. The summed E-state index contributed by atoms with van der Waals surface area (Å²) in [6, 6.07) is 16.2. The van der Waals surface area contributed by atoms with Crippen molar-refractivity contribution in [2.75, 3.05) is 6.61 Å². The lowest BCUT2D eigenvalue weighted by Gasteiger charge is -2.02. The molecule has 0 aliphatic rings. The average molecular weight is 331 g/mol. The van der Waals surface area contributed by atoms with Crippen molar-refractivity contribution in [3.63, 3.8) is 0 Å². The molecule has 0 spiro atoms. The van der Waals surface area contributed by atoms with Crippen LogP contribution in [0.5, 0.6) is 0 Å². The number of carbonyl (C=O) groups is 1. The zero-order valence-electron chi connectivity index (χ0n) is 11.2. The molecule has 20 heavy (non-hydrogen) atoms. The van der Waals surface area contributed by atoms with Gasteiger partial charge in [0, 0.05) is 10.5 Å². The summed E-state index contributed by atoms with van der Waals surface area (Å²) < 4.78 is 5.90. The standard InChI is InChI=1S/C17H15BrO2/c1-2-20-17(19)12-5-13-3-6-14(7-4-13)15-8-10-16(18)11-9-15/h3-12H,2H2,1H3/b12-5+. The minimum Gasteiger partial charge on any atom is -0.463 e. The molecule has 0 fully saturated rings. The fourth-order valence-corrected chi connectivity index (χ4v) is 2.05. The van der Waals surface area contributed by atoms with Crippen LogP contribution >= 0.6 is 15.9 Å². The highest BCUT2D eigenvalue weighted by Crippen LogP contribution is 2.22. The third-order valence-corrected chi connectivity index (χ3v) is 3.32. The second-order valence-corrected chi connectivity index (χ2v) is 5.13. The molecule has 3 heteroatoms. The Morgan fingerprint density at radius 2 is 1.60 bits per heavy atom. The van der Waals surface area contributed by atoms with Crippen molar-refractivity contribution in [2.45, 2.75) is 6.92 Å². The number of rotatable bonds is 4. The van der Waals surface area contributed by atoms with Crippen molar-refractivity contribution in [2.24, 2.45) is 0 Å². The van der Waals surface area contributed by atoms with Gasteiger partial charge in [-0.2, -0.15) is 0 Å². The molecule has 0 aliphatic heterocycles. The summed E-state index contributed by atoms with van der Waals surface area (Å²) in [4.78, 5) is 11.2. The van der Waals surface area contributed by atoms with E-state index in [9.17, 15) is 4.79 Å². The highest BCUT2D eigenvalue weighted by molar-refractivity contribution is 9.10. The van der Waals surface area contributed by atoms with Crippen molar-refractivity contribution in [1.29, 1.82) is 0 Å². The molecule has 2 aromatic carbocycles. The maximum absolute atomic E-state index is 11.2. The fourth-order valence-electron chi connectivity index (χ4n) is 1.78. The Labute approximate surface area is 127 Å². The van der Waals surface area contributed by atoms with E-state index in [1.807, 2.05) is 36.4 Å². The van der Waals surface area contributed by atoms with Crippen molar-refractivity contribution < 1.29 is 9.53 Å². The average Bonchev–Trinajstić information content (AvgIpc) is 2.47. The molecule has 0 bridgehead atoms. The summed E-state index contributed by atoms with van der Waals surface area (Å²) in [5.74, 6) is -0.315. The first-order valence-corrected chi connectivity index (χ1v) is 7.19. The van der Waals surface area contributed by atoms with Crippen LogP contribution in [-0.2, 0) is 9.53 Å². The number of esters is 1. The van der Waals surface area contributed by atoms with Crippen LogP contribution < -0.4 is 0 Å². The van der Waals surface area contributed by atoms with Crippen LogP contribution in [0.3, 0.4) is 0 Å². The van der Waals surface area contributed by atoms with E-state index >= 15 is 0 Å². The van der Waals surface area contributed by atoms with Gasteiger partial charge < -0.3 is 4.74 Å². The van der Waals surface area contributed by atoms with Crippen molar-refractivity contribution in [3.8, 4) is 11.1 Å². The summed E-state index contributed by atoms with van der Waals surface area (Å²) in [6.45, 7) is 2.18. The van der Waals surface area contributed by atoms with Gasteiger partial charge in [-0.15, -0.1) is 0 Å². The Bertz CT molecular complexity index is 598. The zero-order valence-corrected chi connectivity index (χ0v) is 12.8. The highest BCUT2D eigenvalue weighted by Gasteiger charge is 1.98. The molecule has 0 unspecified atom stereocenters. The monoisotopic (exact) mass is 330 g/mol. The van der Waals surface area contributed by atoms with Gasteiger partial charge in [0.15, 0.2) is 0 Å². The van der Waals surface area contributed by atoms with E-state index in [0.29, 0.717) is 6.61 Å². The molecule has 0 N–H and O–H groups in total. The van der Waals surface area contributed by atoms with E-state index in [0.717, 1.165) is 21.2 Å². The van der Waals surface area contributed by atoms with Gasteiger partial charge in [0.2, 0.25) is 0 Å². The normalized spacial score (nSPS) is 10.7. The van der Waals surface area contributed by atoms with Gasteiger partial charge in [0.05, 0.1) is 6.61 Å². The summed E-state index contributed by atoms with van der Waals surface area (Å²) in [7, 11) is 0. The first-order chi connectivity index (χ1) is 9.69. The third-order valence-electron chi connectivity index (χ3n) is 2.79. The number of hydrogen-bond donors (Lipinski definition) is 0. The lowest BCUT2D eigenvalue weighted by atomic mass is 10.0. The molecule has 0 saturated heterocycles. The molecule has 102 valence electrons. The third kappa shape index (κ3) is 4.07. The van der Waals surface area contributed by atoms with E-state index in [-0.39, 0.29) is 5.97 Å². The molecule has 2 nitrogen and oxygen atoms in total. The van der Waals surface area contributed by atoms with E-state index in [4.69, 9.17) is 4.74 Å². The summed E-state index contributed by atoms with van der Waals surface area (Å²) in [5.41, 5.74) is 3.28. The van der Waals surface area contributed by atoms with Gasteiger partial charge in [-0.25, -0.2) is 4.79 Å². The SMILES string of the molecule is CCOC(=O)/C=C/c1ccc(-c2ccc(Br)cc2)cc1. The van der Waals surface area contributed by atoms with Gasteiger partial charge >= 0.3 is 5.97 Å². The van der Waals surface area contributed by atoms with E-state index in [1.165, 1.54) is 6.08 Å². The van der Waals surface area contributed by atoms with E-state index in [2.05, 4.69) is 28.1 Å². The number of benzene rings is 2. The molecule has 0 aromatic heterocycles. The smallest absolute Gasteiger partial charge is 0.330 e.